The van der Waals surface area contributed by atoms with Crippen molar-refractivity contribution < 1.29 is 9.53 Å². The summed E-state index contributed by atoms with van der Waals surface area (Å²) in [6.45, 7) is 0.371. The molecule has 0 fully saturated rings. The molecule has 1 atom stereocenters. The molecule has 0 spiro atoms. The number of ether oxygens (including phenoxy) is 1. The van der Waals surface area contributed by atoms with E-state index in [9.17, 15) is 4.79 Å². The van der Waals surface area contributed by atoms with E-state index in [2.05, 4.69) is 16.2 Å². The molecule has 1 aromatic rings. The lowest BCUT2D eigenvalue weighted by Gasteiger charge is -2.09. The molecular formula is C12H15N3O2. The summed E-state index contributed by atoms with van der Waals surface area (Å²) in [6.07, 6.45) is 6.92. The van der Waals surface area contributed by atoms with Gasteiger partial charge in [-0.05, 0) is 11.6 Å². The summed E-state index contributed by atoms with van der Waals surface area (Å²) in [4.78, 5) is 15.4. The fraction of sp³-hybridized carbons (Fsp3) is 0.333. The molecule has 5 nitrogen and oxygen atoms in total. The molecule has 1 rings (SSSR count). The molecule has 1 aromatic heterocycles. The van der Waals surface area contributed by atoms with Gasteiger partial charge in [0.25, 0.3) is 0 Å². The Morgan fingerprint density at radius 3 is 3.18 bits per heavy atom. The van der Waals surface area contributed by atoms with Crippen LogP contribution in [0.1, 0.15) is 12.0 Å². The Kier molecular flexibility index (Phi) is 4.98. The lowest BCUT2D eigenvalue weighted by atomic mass is 10.2. The summed E-state index contributed by atoms with van der Waals surface area (Å²) in [6, 6.07) is 2.87. The first-order valence-corrected chi connectivity index (χ1v) is 5.13. The summed E-state index contributed by atoms with van der Waals surface area (Å²) in [5.74, 6) is 2.59. The number of amides is 1. The largest absolute Gasteiger partial charge is 0.481 e. The van der Waals surface area contributed by atoms with E-state index in [0.29, 0.717) is 12.4 Å². The molecule has 0 radical (unpaired) electrons. The average Bonchev–Trinajstić information content (AvgIpc) is 2.36. The van der Waals surface area contributed by atoms with Crippen LogP contribution >= 0.6 is 0 Å². The molecule has 1 unspecified atom stereocenters. The summed E-state index contributed by atoms with van der Waals surface area (Å²) in [7, 11) is 1.54. The monoisotopic (exact) mass is 233 g/mol. The van der Waals surface area contributed by atoms with Gasteiger partial charge in [-0.2, -0.15) is 0 Å². The molecule has 0 aliphatic rings. The molecular weight excluding hydrogens is 218 g/mol. The molecule has 17 heavy (non-hydrogen) atoms. The zero-order valence-corrected chi connectivity index (χ0v) is 9.64. The normalized spacial score (nSPS) is 11.4. The number of rotatable bonds is 5. The van der Waals surface area contributed by atoms with Crippen molar-refractivity contribution in [3.05, 3.63) is 23.9 Å². The number of carbonyl (C=O) groups excluding carboxylic acids is 1. The van der Waals surface area contributed by atoms with Crippen molar-refractivity contribution >= 4 is 5.91 Å². The molecule has 1 amide bonds. The lowest BCUT2D eigenvalue weighted by Crippen LogP contribution is -2.39. The lowest BCUT2D eigenvalue weighted by molar-refractivity contribution is -0.122. The van der Waals surface area contributed by atoms with Crippen LogP contribution in [0.5, 0.6) is 5.88 Å². The fourth-order valence-corrected chi connectivity index (χ4v) is 1.21. The van der Waals surface area contributed by atoms with Crippen molar-refractivity contribution in [2.45, 2.75) is 19.0 Å². The first-order chi connectivity index (χ1) is 8.17. The van der Waals surface area contributed by atoms with Gasteiger partial charge in [0.15, 0.2) is 0 Å². The van der Waals surface area contributed by atoms with E-state index in [1.54, 1.807) is 18.3 Å². The first kappa shape index (κ1) is 13.0. The summed E-state index contributed by atoms with van der Waals surface area (Å²) in [5, 5.41) is 2.69. The summed E-state index contributed by atoms with van der Waals surface area (Å²) in [5.41, 5.74) is 6.44. The van der Waals surface area contributed by atoms with E-state index in [4.69, 9.17) is 16.9 Å². The second-order valence-electron chi connectivity index (χ2n) is 3.44. The molecule has 0 saturated heterocycles. The Balaban J connectivity index is 2.50. The van der Waals surface area contributed by atoms with Gasteiger partial charge in [-0.1, -0.05) is 0 Å². The van der Waals surface area contributed by atoms with Gasteiger partial charge in [-0.25, -0.2) is 4.98 Å². The third-order valence-electron chi connectivity index (χ3n) is 2.15. The second kappa shape index (κ2) is 6.51. The van der Waals surface area contributed by atoms with Gasteiger partial charge in [0.05, 0.1) is 13.2 Å². The third kappa shape index (κ3) is 4.13. The van der Waals surface area contributed by atoms with Gasteiger partial charge >= 0.3 is 0 Å². The minimum Gasteiger partial charge on any atom is -0.481 e. The highest BCUT2D eigenvalue weighted by Gasteiger charge is 2.11. The van der Waals surface area contributed by atoms with Gasteiger partial charge in [-0.15, -0.1) is 12.3 Å². The minimum absolute atomic E-state index is 0.228. The van der Waals surface area contributed by atoms with Crippen LogP contribution in [0.25, 0.3) is 0 Å². The number of hydrogen-bond acceptors (Lipinski definition) is 4. The predicted molar refractivity (Wildman–Crippen MR) is 64.1 cm³/mol. The van der Waals surface area contributed by atoms with E-state index >= 15 is 0 Å². The van der Waals surface area contributed by atoms with Crippen LogP contribution in [0.2, 0.25) is 0 Å². The highest BCUT2D eigenvalue weighted by Crippen LogP contribution is 2.07. The zero-order chi connectivity index (χ0) is 12.7. The highest BCUT2D eigenvalue weighted by molar-refractivity contribution is 5.81. The van der Waals surface area contributed by atoms with Crippen molar-refractivity contribution in [1.82, 2.24) is 10.3 Å². The standard InChI is InChI=1S/C12H15N3O2/c1-3-4-10(13)12(16)15-8-9-5-6-14-11(7-9)17-2/h1,5-7,10H,4,8,13H2,2H3,(H,15,16). The predicted octanol–water partition coefficient (Wildman–Crippen LogP) is 0.0570. The van der Waals surface area contributed by atoms with E-state index in [1.807, 2.05) is 0 Å². The first-order valence-electron chi connectivity index (χ1n) is 5.13. The van der Waals surface area contributed by atoms with Crippen LogP contribution < -0.4 is 15.8 Å². The molecule has 0 aliphatic heterocycles. The zero-order valence-electron chi connectivity index (χ0n) is 9.64. The van der Waals surface area contributed by atoms with Crippen molar-refractivity contribution in [2.24, 2.45) is 5.73 Å². The maximum absolute atomic E-state index is 11.5. The highest BCUT2D eigenvalue weighted by atomic mass is 16.5. The number of aromatic nitrogens is 1. The van der Waals surface area contributed by atoms with E-state index in [0.717, 1.165) is 5.56 Å². The van der Waals surface area contributed by atoms with Crippen LogP contribution in [-0.2, 0) is 11.3 Å². The Morgan fingerprint density at radius 1 is 1.76 bits per heavy atom. The SMILES string of the molecule is C#CCC(N)C(=O)NCc1ccnc(OC)c1. The Labute approximate surface area is 100 Å². The smallest absolute Gasteiger partial charge is 0.238 e. The molecule has 1 heterocycles. The molecule has 0 bridgehead atoms. The van der Waals surface area contributed by atoms with Gasteiger partial charge in [-0.3, -0.25) is 4.79 Å². The topological polar surface area (TPSA) is 77.2 Å². The maximum Gasteiger partial charge on any atom is 0.238 e. The number of pyridine rings is 1. The van der Waals surface area contributed by atoms with Crippen molar-refractivity contribution in [3.8, 4) is 18.2 Å². The van der Waals surface area contributed by atoms with E-state index in [1.165, 1.54) is 7.11 Å². The molecule has 3 N–H and O–H groups in total. The van der Waals surface area contributed by atoms with Gasteiger partial charge in [0, 0.05) is 25.2 Å². The Hall–Kier alpha value is -2.06. The number of terminal acetylenes is 1. The molecule has 0 saturated carbocycles. The Morgan fingerprint density at radius 2 is 2.53 bits per heavy atom. The number of hydrogen-bond donors (Lipinski definition) is 2. The van der Waals surface area contributed by atoms with Crippen molar-refractivity contribution in [1.29, 1.82) is 0 Å². The summed E-state index contributed by atoms with van der Waals surface area (Å²) >= 11 is 0. The van der Waals surface area contributed by atoms with Crippen LogP contribution in [0.4, 0.5) is 0 Å². The second-order valence-corrected chi connectivity index (χ2v) is 3.44. The van der Waals surface area contributed by atoms with Crippen LogP contribution in [0.3, 0.4) is 0 Å². The molecule has 0 aromatic carbocycles. The van der Waals surface area contributed by atoms with Gasteiger partial charge in [0.1, 0.15) is 0 Å². The van der Waals surface area contributed by atoms with Gasteiger partial charge < -0.3 is 15.8 Å². The fourth-order valence-electron chi connectivity index (χ4n) is 1.21. The maximum atomic E-state index is 11.5. The van der Waals surface area contributed by atoms with Gasteiger partial charge in [0.2, 0.25) is 11.8 Å². The third-order valence-corrected chi connectivity index (χ3v) is 2.15. The van der Waals surface area contributed by atoms with Crippen molar-refractivity contribution in [2.75, 3.05) is 7.11 Å². The molecule has 0 aliphatic carbocycles. The number of carbonyl (C=O) groups is 1. The van der Waals surface area contributed by atoms with E-state index in [-0.39, 0.29) is 12.3 Å². The van der Waals surface area contributed by atoms with Crippen LogP contribution in [0.15, 0.2) is 18.3 Å². The number of nitrogens with two attached hydrogens (primary N) is 1. The number of nitrogens with one attached hydrogen (secondary N) is 1. The van der Waals surface area contributed by atoms with Crippen molar-refractivity contribution in [3.63, 3.8) is 0 Å². The molecule has 5 heteroatoms. The molecule has 90 valence electrons. The number of methoxy groups -OCH3 is 1. The quantitative estimate of drug-likeness (QED) is 0.705. The number of nitrogens with zero attached hydrogens (tertiary/aromatic N) is 1. The van der Waals surface area contributed by atoms with Crippen LogP contribution in [-0.4, -0.2) is 24.0 Å². The Bertz CT molecular complexity index is 426. The minimum atomic E-state index is -0.663. The van der Waals surface area contributed by atoms with E-state index < -0.39 is 6.04 Å². The average molecular weight is 233 g/mol. The summed E-state index contributed by atoms with van der Waals surface area (Å²) < 4.78 is 4.97. The van der Waals surface area contributed by atoms with Crippen LogP contribution in [0, 0.1) is 12.3 Å².